The van der Waals surface area contributed by atoms with Crippen molar-refractivity contribution in [2.24, 2.45) is 0 Å². The molecule has 0 bridgehead atoms. The molecule has 0 fully saturated rings. The van der Waals surface area contributed by atoms with Crippen LogP contribution >= 0.6 is 0 Å². The van der Waals surface area contributed by atoms with E-state index in [0.717, 1.165) is 5.69 Å². The van der Waals surface area contributed by atoms with Crippen LogP contribution in [0.3, 0.4) is 0 Å². The molecule has 0 saturated carbocycles. The van der Waals surface area contributed by atoms with Crippen molar-refractivity contribution in [1.82, 2.24) is 15.3 Å². The number of nitro groups is 1. The number of carbonyl (C=O) groups excluding carboxylic acids is 1. The third kappa shape index (κ3) is 3.69. The molecule has 2 aromatic heterocycles. The first-order chi connectivity index (χ1) is 12.2. The highest BCUT2D eigenvalue weighted by atomic mass is 16.6. The van der Waals surface area contributed by atoms with Crippen molar-refractivity contribution < 1.29 is 9.72 Å². The maximum absolute atomic E-state index is 11.9. The average Bonchev–Trinajstić information content (AvgIpc) is 2.65. The first-order valence-electron chi connectivity index (χ1n) is 7.60. The molecule has 8 heteroatoms. The lowest BCUT2D eigenvalue weighted by Gasteiger charge is -2.10. The number of hydrogen-bond donors (Lipinski definition) is 2. The van der Waals surface area contributed by atoms with Crippen molar-refractivity contribution in [3.63, 3.8) is 0 Å². The SMILES string of the molecule is O=C(NCCNc1ccc([N+](=O)[O-])c2cnccc12)c1cccnc1. The maximum atomic E-state index is 11.9. The summed E-state index contributed by atoms with van der Waals surface area (Å²) >= 11 is 0. The maximum Gasteiger partial charge on any atom is 0.278 e. The second kappa shape index (κ2) is 7.35. The molecule has 1 amide bonds. The number of carbonyl (C=O) groups is 1. The number of pyridine rings is 2. The van der Waals surface area contributed by atoms with Crippen LogP contribution in [0.25, 0.3) is 10.8 Å². The lowest BCUT2D eigenvalue weighted by Crippen LogP contribution is -2.28. The highest BCUT2D eigenvalue weighted by molar-refractivity contribution is 5.99. The van der Waals surface area contributed by atoms with Gasteiger partial charge in [0.25, 0.3) is 11.6 Å². The Morgan fingerprint density at radius 1 is 1.04 bits per heavy atom. The van der Waals surface area contributed by atoms with E-state index in [1.807, 2.05) is 0 Å². The van der Waals surface area contributed by atoms with Crippen LogP contribution in [0, 0.1) is 10.1 Å². The van der Waals surface area contributed by atoms with Crippen molar-refractivity contribution in [2.75, 3.05) is 18.4 Å². The number of anilines is 1. The van der Waals surface area contributed by atoms with Crippen LogP contribution in [0.15, 0.2) is 55.1 Å². The smallest absolute Gasteiger partial charge is 0.278 e. The second-order valence-corrected chi connectivity index (χ2v) is 5.23. The van der Waals surface area contributed by atoms with Crippen molar-refractivity contribution in [2.45, 2.75) is 0 Å². The van der Waals surface area contributed by atoms with Crippen LogP contribution in [0.4, 0.5) is 11.4 Å². The van der Waals surface area contributed by atoms with Gasteiger partial charge in [0.2, 0.25) is 0 Å². The number of rotatable bonds is 6. The zero-order chi connectivity index (χ0) is 17.6. The highest BCUT2D eigenvalue weighted by Gasteiger charge is 2.14. The topological polar surface area (TPSA) is 110 Å². The van der Waals surface area contributed by atoms with Gasteiger partial charge in [-0.25, -0.2) is 0 Å². The van der Waals surface area contributed by atoms with Crippen molar-refractivity contribution in [1.29, 1.82) is 0 Å². The largest absolute Gasteiger partial charge is 0.383 e. The van der Waals surface area contributed by atoms with Gasteiger partial charge in [-0.15, -0.1) is 0 Å². The molecule has 0 spiro atoms. The molecule has 0 aliphatic heterocycles. The molecule has 3 aromatic rings. The number of non-ortho nitro benzene ring substituents is 1. The van der Waals surface area contributed by atoms with E-state index in [9.17, 15) is 14.9 Å². The van der Waals surface area contributed by atoms with Crippen molar-refractivity contribution >= 4 is 28.1 Å². The summed E-state index contributed by atoms with van der Waals surface area (Å²) in [5.41, 5.74) is 1.26. The fourth-order valence-corrected chi connectivity index (χ4v) is 2.46. The molecule has 0 radical (unpaired) electrons. The quantitative estimate of drug-likeness (QED) is 0.406. The van der Waals surface area contributed by atoms with E-state index in [2.05, 4.69) is 20.6 Å². The fraction of sp³-hybridized carbons (Fsp3) is 0.118. The number of hydrogen-bond acceptors (Lipinski definition) is 6. The van der Waals surface area contributed by atoms with Crippen LogP contribution in [-0.4, -0.2) is 33.9 Å². The minimum Gasteiger partial charge on any atom is -0.383 e. The highest BCUT2D eigenvalue weighted by Crippen LogP contribution is 2.30. The second-order valence-electron chi connectivity index (χ2n) is 5.23. The Morgan fingerprint density at radius 3 is 2.64 bits per heavy atom. The Hall–Kier alpha value is -3.55. The van der Waals surface area contributed by atoms with Gasteiger partial charge in [0.1, 0.15) is 0 Å². The molecule has 3 rings (SSSR count). The summed E-state index contributed by atoms with van der Waals surface area (Å²) < 4.78 is 0. The zero-order valence-electron chi connectivity index (χ0n) is 13.2. The Labute approximate surface area is 143 Å². The van der Waals surface area contributed by atoms with E-state index in [0.29, 0.717) is 29.4 Å². The van der Waals surface area contributed by atoms with Gasteiger partial charge in [0, 0.05) is 55.0 Å². The molecule has 0 aliphatic carbocycles. The van der Waals surface area contributed by atoms with E-state index in [-0.39, 0.29) is 11.6 Å². The van der Waals surface area contributed by atoms with Gasteiger partial charge >= 0.3 is 0 Å². The third-order valence-corrected chi connectivity index (χ3v) is 3.64. The zero-order valence-corrected chi connectivity index (χ0v) is 13.2. The first-order valence-corrected chi connectivity index (χ1v) is 7.60. The molecule has 0 saturated heterocycles. The number of nitro benzene ring substituents is 1. The molecule has 0 atom stereocenters. The van der Waals surface area contributed by atoms with Gasteiger partial charge < -0.3 is 10.6 Å². The van der Waals surface area contributed by atoms with Crippen LogP contribution in [-0.2, 0) is 0 Å². The van der Waals surface area contributed by atoms with E-state index in [1.54, 1.807) is 36.7 Å². The van der Waals surface area contributed by atoms with E-state index in [1.165, 1.54) is 18.5 Å². The number of aromatic nitrogens is 2. The lowest BCUT2D eigenvalue weighted by atomic mass is 10.1. The molecule has 2 heterocycles. The predicted molar refractivity (Wildman–Crippen MR) is 93.5 cm³/mol. The Bertz CT molecular complexity index is 915. The van der Waals surface area contributed by atoms with Gasteiger partial charge in [0.15, 0.2) is 0 Å². The Balaban J connectivity index is 1.65. The number of amides is 1. The number of nitrogens with zero attached hydrogens (tertiary/aromatic N) is 3. The van der Waals surface area contributed by atoms with Crippen molar-refractivity contribution in [3.05, 3.63) is 70.8 Å². The van der Waals surface area contributed by atoms with E-state index >= 15 is 0 Å². The summed E-state index contributed by atoms with van der Waals surface area (Å²) in [5, 5.41) is 18.2. The van der Waals surface area contributed by atoms with Crippen LogP contribution < -0.4 is 10.6 Å². The van der Waals surface area contributed by atoms with Gasteiger partial charge in [-0.2, -0.15) is 0 Å². The predicted octanol–water partition coefficient (Wildman–Crippen LogP) is 2.38. The van der Waals surface area contributed by atoms with Crippen LogP contribution in [0.5, 0.6) is 0 Å². The average molecular weight is 337 g/mol. The van der Waals surface area contributed by atoms with Gasteiger partial charge in [0.05, 0.1) is 15.9 Å². The Morgan fingerprint density at radius 2 is 1.88 bits per heavy atom. The number of benzene rings is 1. The van der Waals surface area contributed by atoms with Crippen molar-refractivity contribution in [3.8, 4) is 0 Å². The van der Waals surface area contributed by atoms with E-state index < -0.39 is 4.92 Å². The summed E-state index contributed by atoms with van der Waals surface area (Å²) in [7, 11) is 0. The van der Waals surface area contributed by atoms with Crippen LogP contribution in [0.2, 0.25) is 0 Å². The fourth-order valence-electron chi connectivity index (χ4n) is 2.46. The number of fused-ring (bicyclic) bond motifs is 1. The molecular formula is C17H15N5O3. The molecule has 25 heavy (non-hydrogen) atoms. The normalized spacial score (nSPS) is 10.4. The molecule has 1 aromatic carbocycles. The Kier molecular flexibility index (Phi) is 4.79. The van der Waals surface area contributed by atoms with Crippen LogP contribution in [0.1, 0.15) is 10.4 Å². The molecule has 2 N–H and O–H groups in total. The molecule has 8 nitrogen and oxygen atoms in total. The number of nitrogens with one attached hydrogen (secondary N) is 2. The minimum absolute atomic E-state index is 0.0125. The van der Waals surface area contributed by atoms with Gasteiger partial charge in [-0.1, -0.05) is 0 Å². The monoisotopic (exact) mass is 337 g/mol. The summed E-state index contributed by atoms with van der Waals surface area (Å²) in [6, 6.07) is 8.21. The lowest BCUT2D eigenvalue weighted by molar-refractivity contribution is -0.383. The van der Waals surface area contributed by atoms with E-state index in [4.69, 9.17) is 0 Å². The summed E-state index contributed by atoms with van der Waals surface area (Å²) in [5.74, 6) is -0.201. The molecular weight excluding hydrogens is 322 g/mol. The first kappa shape index (κ1) is 16.3. The molecule has 126 valence electrons. The van der Waals surface area contributed by atoms with Gasteiger partial charge in [-0.05, 0) is 24.3 Å². The van der Waals surface area contributed by atoms with Gasteiger partial charge in [-0.3, -0.25) is 24.9 Å². The summed E-state index contributed by atoms with van der Waals surface area (Å²) in [6.45, 7) is 0.874. The minimum atomic E-state index is -0.429. The summed E-state index contributed by atoms with van der Waals surface area (Å²) in [6.07, 6.45) is 6.16. The third-order valence-electron chi connectivity index (χ3n) is 3.64. The standard InChI is InChI=1S/C17H15N5O3/c23-17(12-2-1-6-18-10-12)21-9-8-20-15-3-4-16(22(24)25)14-11-19-7-5-13(14)15/h1-7,10-11,20H,8-9H2,(H,21,23). The summed E-state index contributed by atoms with van der Waals surface area (Å²) in [4.78, 5) is 30.5. The molecule has 0 aliphatic rings. The molecule has 0 unspecified atom stereocenters.